The molecule has 0 bridgehead atoms. The summed E-state index contributed by atoms with van der Waals surface area (Å²) in [5.74, 6) is -2.33. The molecule has 0 aromatic carbocycles. The molecule has 0 heterocycles. The second-order valence-corrected chi connectivity index (χ2v) is 25.8. The summed E-state index contributed by atoms with van der Waals surface area (Å²) in [7, 11) is 5.91. The van der Waals surface area contributed by atoms with Crippen LogP contribution in [0, 0.1) is 0 Å². The van der Waals surface area contributed by atoms with Crippen molar-refractivity contribution in [3.8, 4) is 0 Å². The molecule has 0 aliphatic heterocycles. The summed E-state index contributed by atoms with van der Waals surface area (Å²) >= 11 is 0. The van der Waals surface area contributed by atoms with Gasteiger partial charge < -0.3 is 33.3 Å². The first-order chi connectivity index (χ1) is 48.6. The Morgan fingerprint density at radius 3 is 0.808 bits per heavy atom. The number of likely N-dealkylation sites (N-methyl/N-ethyl adjacent to an activating group) is 1. The molecule has 0 N–H and O–H groups in total. The van der Waals surface area contributed by atoms with Crippen molar-refractivity contribution in [2.24, 2.45) is 0 Å². The normalized spacial score (nSPS) is 14.0. The van der Waals surface area contributed by atoms with Crippen LogP contribution < -0.4 is 5.11 Å². The number of carboxylic acids is 1. The maximum atomic E-state index is 13.0. The molecular formula is C90H139NO8. The van der Waals surface area contributed by atoms with E-state index >= 15 is 0 Å². The molecule has 0 amide bonds. The van der Waals surface area contributed by atoms with Gasteiger partial charge in [-0.3, -0.25) is 9.59 Å². The molecule has 0 aliphatic carbocycles. The summed E-state index contributed by atoms with van der Waals surface area (Å²) in [5.41, 5.74) is 0. The van der Waals surface area contributed by atoms with E-state index in [2.05, 4.69) is 245 Å². The maximum absolute atomic E-state index is 13.0. The third kappa shape index (κ3) is 78.6. The number of allylic oxidation sites excluding steroid dienone is 38. The highest BCUT2D eigenvalue weighted by Gasteiger charge is 2.22. The van der Waals surface area contributed by atoms with Crippen molar-refractivity contribution >= 4 is 17.9 Å². The van der Waals surface area contributed by atoms with Crippen molar-refractivity contribution in [3.63, 3.8) is 0 Å². The summed E-state index contributed by atoms with van der Waals surface area (Å²) in [6.07, 6.45) is 120. The lowest BCUT2D eigenvalue weighted by Crippen LogP contribution is -2.44. The molecule has 0 saturated carbocycles. The summed E-state index contributed by atoms with van der Waals surface area (Å²) in [6, 6.07) is 0. The first-order valence-electron chi connectivity index (χ1n) is 38.5. The minimum atomic E-state index is -1.64. The molecule has 0 aromatic heterocycles. The van der Waals surface area contributed by atoms with E-state index in [1.54, 1.807) is 0 Å². The fourth-order valence-electron chi connectivity index (χ4n) is 9.62. The number of esters is 2. The lowest BCUT2D eigenvalue weighted by Gasteiger charge is -2.26. The van der Waals surface area contributed by atoms with Gasteiger partial charge in [-0.2, -0.15) is 0 Å². The minimum absolute atomic E-state index is 0.131. The number of hydrogen-bond acceptors (Lipinski definition) is 8. The molecule has 2 atom stereocenters. The summed E-state index contributed by atoms with van der Waals surface area (Å²) < 4.78 is 22.8. The van der Waals surface area contributed by atoms with Crippen LogP contribution in [0.1, 0.15) is 258 Å². The van der Waals surface area contributed by atoms with Crippen LogP contribution in [0.2, 0.25) is 0 Å². The second kappa shape index (κ2) is 77.1. The molecule has 0 saturated heterocycles. The van der Waals surface area contributed by atoms with Crippen LogP contribution in [0.4, 0.5) is 0 Å². The van der Waals surface area contributed by atoms with Gasteiger partial charge in [0, 0.05) is 12.8 Å². The fourth-order valence-corrected chi connectivity index (χ4v) is 9.62. The Morgan fingerprint density at radius 1 is 0.303 bits per heavy atom. The van der Waals surface area contributed by atoms with Gasteiger partial charge in [-0.1, -0.05) is 315 Å². The molecule has 0 aromatic rings. The number of quaternary nitrogens is 1. The lowest BCUT2D eigenvalue weighted by molar-refractivity contribution is -0.870. The summed E-state index contributed by atoms with van der Waals surface area (Å²) in [4.78, 5) is 37.6. The van der Waals surface area contributed by atoms with Crippen LogP contribution in [0.5, 0.6) is 0 Å². The van der Waals surface area contributed by atoms with E-state index < -0.39 is 24.3 Å². The predicted octanol–water partition coefficient (Wildman–Crippen LogP) is 23.7. The Labute approximate surface area is 606 Å². The van der Waals surface area contributed by atoms with Gasteiger partial charge in [0.2, 0.25) is 0 Å². The fraction of sp³-hybridized carbons (Fsp3) is 0.544. The third-order valence-electron chi connectivity index (χ3n) is 15.4. The molecule has 552 valence electrons. The van der Waals surface area contributed by atoms with Gasteiger partial charge in [-0.05, 0) is 161 Å². The van der Waals surface area contributed by atoms with Crippen LogP contribution in [-0.4, -0.2) is 82.3 Å². The van der Waals surface area contributed by atoms with Crippen molar-refractivity contribution in [1.29, 1.82) is 0 Å². The zero-order chi connectivity index (χ0) is 71.8. The average Bonchev–Trinajstić information content (AvgIpc) is 1.14. The molecule has 0 rings (SSSR count). The van der Waals surface area contributed by atoms with Crippen molar-refractivity contribution in [2.75, 3.05) is 47.5 Å². The van der Waals surface area contributed by atoms with Gasteiger partial charge in [0.1, 0.15) is 13.2 Å². The van der Waals surface area contributed by atoms with Crippen molar-refractivity contribution < 1.29 is 42.9 Å². The van der Waals surface area contributed by atoms with Gasteiger partial charge >= 0.3 is 11.9 Å². The number of carbonyl (C=O) groups excluding carboxylic acids is 3. The highest BCUT2D eigenvalue weighted by molar-refractivity contribution is 5.70. The van der Waals surface area contributed by atoms with E-state index in [4.69, 9.17) is 18.9 Å². The topological polar surface area (TPSA) is 111 Å². The minimum Gasteiger partial charge on any atom is -0.545 e. The first kappa shape index (κ1) is 92.4. The number of nitrogens with zero attached hydrogens (tertiary/aromatic N) is 1. The van der Waals surface area contributed by atoms with E-state index in [0.717, 1.165) is 173 Å². The van der Waals surface area contributed by atoms with Crippen molar-refractivity contribution in [3.05, 3.63) is 231 Å². The van der Waals surface area contributed by atoms with Gasteiger partial charge in [0.05, 0.1) is 40.3 Å². The monoisotopic (exact) mass is 1360 g/mol. The smallest absolute Gasteiger partial charge is 0.306 e. The second-order valence-electron chi connectivity index (χ2n) is 25.8. The largest absolute Gasteiger partial charge is 0.545 e. The van der Waals surface area contributed by atoms with E-state index in [1.807, 2.05) is 21.1 Å². The maximum Gasteiger partial charge on any atom is 0.306 e. The third-order valence-corrected chi connectivity index (χ3v) is 15.4. The quantitative estimate of drug-likeness (QED) is 0.0195. The first-order valence-corrected chi connectivity index (χ1v) is 38.5. The number of carboxylic acid groups (broad SMARTS) is 1. The molecule has 9 nitrogen and oxygen atoms in total. The SMILES string of the molecule is CC/C=C\C/C=C\C/C=C\C/C=C\C/C=C\C/C=C\C/C=C\C/C=C\C/C=C\C/C=C\CCCCCCCCCCC(=O)OC(COC(=O)CCCCCCCCC/C=C\C/C=C\C/C=C\C/C=C\C/C=C\C/C=C\C/C=C\C/C=C\C/C=C\CC)COC(OCC[N+](C)(C)C)C(=O)[O-]. The van der Waals surface area contributed by atoms with Crippen LogP contribution >= 0.6 is 0 Å². The zero-order valence-electron chi connectivity index (χ0n) is 63.0. The average molecular weight is 1360 g/mol. The van der Waals surface area contributed by atoms with Crippen molar-refractivity contribution in [2.45, 2.75) is 270 Å². The van der Waals surface area contributed by atoms with Crippen LogP contribution in [0.25, 0.3) is 0 Å². The van der Waals surface area contributed by atoms with E-state index in [9.17, 15) is 19.5 Å². The highest BCUT2D eigenvalue weighted by Crippen LogP contribution is 2.15. The zero-order valence-corrected chi connectivity index (χ0v) is 63.0. The Kier molecular flexibility index (Phi) is 71.9. The summed E-state index contributed by atoms with van der Waals surface area (Å²) in [6.45, 7) is 4.47. The van der Waals surface area contributed by atoms with E-state index in [1.165, 1.54) is 44.9 Å². The molecule has 2 unspecified atom stereocenters. The molecule has 0 spiro atoms. The van der Waals surface area contributed by atoms with E-state index in [0.29, 0.717) is 23.9 Å². The molecule has 9 heteroatoms. The molecular weight excluding hydrogens is 1220 g/mol. The van der Waals surface area contributed by atoms with Gasteiger partial charge in [0.25, 0.3) is 0 Å². The number of carbonyl (C=O) groups is 3. The predicted molar refractivity (Wildman–Crippen MR) is 425 cm³/mol. The van der Waals surface area contributed by atoms with Gasteiger partial charge in [-0.15, -0.1) is 0 Å². The Bertz CT molecular complexity index is 2490. The molecule has 99 heavy (non-hydrogen) atoms. The Hall–Kier alpha value is -6.65. The van der Waals surface area contributed by atoms with Crippen LogP contribution in [-0.2, 0) is 33.3 Å². The van der Waals surface area contributed by atoms with Crippen LogP contribution in [0.3, 0.4) is 0 Å². The number of unbranched alkanes of at least 4 members (excludes halogenated alkanes) is 15. The summed E-state index contributed by atoms with van der Waals surface area (Å²) in [5, 5.41) is 11.9. The standard InChI is InChI=1S/C90H139NO8/c1-6-8-10-12-14-16-18-20-22-24-26-28-30-32-34-36-38-40-42-43-44-45-47-49-51-53-55-57-59-61-63-65-67-69-71-73-75-77-79-81-88(93)99-86(85-98-90(89(94)95)96-83-82-91(3,4)5)84-97-87(92)80-78-76-74-72-70-68-66-64-62-60-58-56-54-52-50-48-46-41-39-37-35-33-31-29-27-25-23-21-19-17-15-13-11-9-7-2/h8-11,14-17,20-23,26-29,32-35,38-41,43-44,47-50,53-56,59-62,86,90H,6-7,12-13,18-19,24-25,30-31,36-37,42,45-46,51-52,57-58,63-85H2,1-5H3/b10-8-,11-9-,16-14-,17-15-,22-20-,23-21-,28-26-,29-27-,34-32-,35-33-,40-38-,41-39-,44-43-,49-47-,50-48-,55-53-,56-54-,61-59-,62-60-. The number of rotatable bonds is 68. The Balaban J connectivity index is 4.22. The number of ether oxygens (including phenoxy) is 4. The van der Waals surface area contributed by atoms with Gasteiger partial charge in [0.15, 0.2) is 12.4 Å². The number of hydrogen-bond donors (Lipinski definition) is 0. The molecule has 0 fully saturated rings. The molecule has 0 aliphatic rings. The molecule has 0 radical (unpaired) electrons. The number of aliphatic carboxylic acids is 1. The van der Waals surface area contributed by atoms with Crippen molar-refractivity contribution in [1.82, 2.24) is 0 Å². The van der Waals surface area contributed by atoms with Crippen LogP contribution in [0.15, 0.2) is 231 Å². The lowest BCUT2D eigenvalue weighted by atomic mass is 10.1. The van der Waals surface area contributed by atoms with Gasteiger partial charge in [-0.25, -0.2) is 0 Å². The Morgan fingerprint density at radius 2 is 0.545 bits per heavy atom. The van der Waals surface area contributed by atoms with E-state index in [-0.39, 0.29) is 38.6 Å². The highest BCUT2D eigenvalue weighted by atomic mass is 16.7.